The number of nitrogens with two attached hydrogens (primary N) is 1. The van der Waals surface area contributed by atoms with Crippen molar-refractivity contribution in [3.63, 3.8) is 0 Å². The minimum Gasteiger partial charge on any atom is -0.395 e. The highest BCUT2D eigenvalue weighted by Gasteiger charge is 2.28. The molecule has 4 N–H and O–H groups in total. The molecule has 2 atom stereocenters. The topological polar surface area (TPSA) is 93.0 Å². The Balaban J connectivity index is 2.09. The van der Waals surface area contributed by atoms with Crippen LogP contribution in [0.25, 0.3) is 0 Å². The summed E-state index contributed by atoms with van der Waals surface area (Å²) in [5.74, 6) is -0.0224. The number of aromatic nitrogens is 2. The Hall–Kier alpha value is -1.56. The summed E-state index contributed by atoms with van der Waals surface area (Å²) in [6, 6.07) is 0.0381. The summed E-state index contributed by atoms with van der Waals surface area (Å²) >= 11 is 0. The number of H-pyrrole nitrogens is 1. The number of hydrogen-bond donors (Lipinski definition) is 3. The molecule has 0 bridgehead atoms. The van der Waals surface area contributed by atoms with Crippen LogP contribution in [0.1, 0.15) is 49.3 Å². The van der Waals surface area contributed by atoms with Crippen molar-refractivity contribution in [1.29, 1.82) is 0 Å². The lowest BCUT2D eigenvalue weighted by atomic mass is 10.1. The maximum atomic E-state index is 12.1. The fourth-order valence-electron chi connectivity index (χ4n) is 2.14. The third-order valence-corrected chi connectivity index (χ3v) is 3.32. The lowest BCUT2D eigenvalue weighted by Crippen LogP contribution is -2.39. The average molecular weight is 252 g/mol. The van der Waals surface area contributed by atoms with Crippen molar-refractivity contribution in [2.45, 2.75) is 45.3 Å². The van der Waals surface area contributed by atoms with Crippen molar-refractivity contribution in [3.05, 3.63) is 11.4 Å². The number of nitrogen functional groups attached to an aromatic ring is 1. The molecular formula is C12H20N4O2. The normalized spacial score (nSPS) is 23.6. The molecule has 2 unspecified atom stereocenters. The summed E-state index contributed by atoms with van der Waals surface area (Å²) in [4.78, 5) is 12.1. The molecule has 0 saturated carbocycles. The van der Waals surface area contributed by atoms with E-state index in [1.165, 1.54) is 0 Å². The fraction of sp³-hybridized carbons (Fsp3) is 0.667. The van der Waals surface area contributed by atoms with Gasteiger partial charge >= 0.3 is 0 Å². The molecule has 0 aromatic carbocycles. The summed E-state index contributed by atoms with van der Waals surface area (Å²) in [5, 5.41) is 9.74. The van der Waals surface area contributed by atoms with Crippen molar-refractivity contribution in [1.82, 2.24) is 15.5 Å². The summed E-state index contributed by atoms with van der Waals surface area (Å²) in [5.41, 5.74) is 7.44. The first-order chi connectivity index (χ1) is 8.50. The fourth-order valence-corrected chi connectivity index (χ4v) is 2.14. The Morgan fingerprint density at radius 3 is 2.83 bits per heavy atom. The Morgan fingerprint density at radius 1 is 1.61 bits per heavy atom. The van der Waals surface area contributed by atoms with Gasteiger partial charge in [-0.1, -0.05) is 13.8 Å². The molecule has 1 aromatic rings. The molecule has 0 radical (unpaired) electrons. The average Bonchev–Trinajstić information content (AvgIpc) is 2.86. The van der Waals surface area contributed by atoms with E-state index < -0.39 is 0 Å². The molecule has 1 saturated heterocycles. The molecule has 1 aromatic heterocycles. The van der Waals surface area contributed by atoms with Crippen LogP contribution in [0.4, 0.5) is 5.69 Å². The Morgan fingerprint density at radius 2 is 2.33 bits per heavy atom. The highest BCUT2D eigenvalue weighted by Crippen LogP contribution is 2.22. The number of amides is 1. The van der Waals surface area contributed by atoms with Crippen molar-refractivity contribution >= 4 is 11.6 Å². The van der Waals surface area contributed by atoms with Crippen molar-refractivity contribution in [3.8, 4) is 0 Å². The van der Waals surface area contributed by atoms with E-state index in [1.807, 2.05) is 20.8 Å². The van der Waals surface area contributed by atoms with Gasteiger partial charge in [0.25, 0.3) is 5.91 Å². The first kappa shape index (κ1) is 12.9. The van der Waals surface area contributed by atoms with Crippen LogP contribution >= 0.6 is 0 Å². The van der Waals surface area contributed by atoms with E-state index in [0.717, 1.165) is 12.1 Å². The van der Waals surface area contributed by atoms with Crippen LogP contribution in [0.5, 0.6) is 0 Å². The van der Waals surface area contributed by atoms with E-state index in [9.17, 15) is 4.79 Å². The Bertz CT molecular complexity index is 441. The number of ether oxygens (including phenoxy) is 1. The molecule has 2 heterocycles. The number of nitrogens with zero attached hydrogens (tertiary/aromatic N) is 1. The van der Waals surface area contributed by atoms with Gasteiger partial charge in [0.2, 0.25) is 0 Å². The number of nitrogens with one attached hydrogen (secondary N) is 2. The molecule has 1 fully saturated rings. The zero-order valence-corrected chi connectivity index (χ0v) is 11.0. The molecular weight excluding hydrogens is 232 g/mol. The van der Waals surface area contributed by atoms with Crippen LogP contribution in [0.3, 0.4) is 0 Å². The van der Waals surface area contributed by atoms with Gasteiger partial charge in [0.1, 0.15) is 0 Å². The largest absolute Gasteiger partial charge is 0.395 e. The molecule has 0 aliphatic carbocycles. The summed E-state index contributed by atoms with van der Waals surface area (Å²) in [7, 11) is 0. The lowest BCUT2D eigenvalue weighted by Gasteiger charge is -2.15. The zero-order valence-electron chi connectivity index (χ0n) is 11.0. The highest BCUT2D eigenvalue weighted by atomic mass is 16.5. The van der Waals surface area contributed by atoms with E-state index in [-0.39, 0.29) is 29.7 Å². The van der Waals surface area contributed by atoms with Gasteiger partial charge in [0.05, 0.1) is 23.5 Å². The number of hydrogen-bond acceptors (Lipinski definition) is 4. The van der Waals surface area contributed by atoms with E-state index in [1.54, 1.807) is 0 Å². The minimum absolute atomic E-state index is 0.0381. The molecule has 100 valence electrons. The molecule has 2 rings (SSSR count). The number of carbonyl (C=O) groups is 1. The van der Waals surface area contributed by atoms with Crippen LogP contribution < -0.4 is 11.1 Å². The maximum absolute atomic E-state index is 12.1. The van der Waals surface area contributed by atoms with Gasteiger partial charge in [-0.3, -0.25) is 9.89 Å². The number of aromatic amines is 1. The third kappa shape index (κ3) is 2.33. The minimum atomic E-state index is -0.238. The van der Waals surface area contributed by atoms with Crippen LogP contribution in [-0.2, 0) is 4.74 Å². The van der Waals surface area contributed by atoms with Gasteiger partial charge in [-0.2, -0.15) is 5.10 Å². The Kier molecular flexibility index (Phi) is 3.56. The van der Waals surface area contributed by atoms with Crippen molar-refractivity contribution in [2.24, 2.45) is 0 Å². The molecule has 1 aliphatic rings. The summed E-state index contributed by atoms with van der Waals surface area (Å²) in [6.07, 6.45) is 0.868. The van der Waals surface area contributed by atoms with Crippen LogP contribution in [0.2, 0.25) is 0 Å². The molecule has 1 amide bonds. The second-order valence-electron chi connectivity index (χ2n) is 5.00. The van der Waals surface area contributed by atoms with Crippen LogP contribution in [-0.4, -0.2) is 34.9 Å². The smallest absolute Gasteiger partial charge is 0.274 e. The van der Waals surface area contributed by atoms with Gasteiger partial charge in [0.15, 0.2) is 5.69 Å². The Labute approximate surface area is 106 Å². The SMILES string of the molecule is CC(C)c1[nH]nc(C(=O)NC2CCOC2C)c1N. The standard InChI is InChI=1S/C12H20N4O2/c1-6(2)10-9(13)11(16-15-10)12(17)14-8-4-5-18-7(8)3/h6-8H,4-5,13H2,1-3H3,(H,14,17)(H,15,16). The van der Waals surface area contributed by atoms with E-state index in [4.69, 9.17) is 10.5 Å². The summed E-state index contributed by atoms with van der Waals surface area (Å²) < 4.78 is 5.40. The van der Waals surface area contributed by atoms with E-state index in [2.05, 4.69) is 15.5 Å². The highest BCUT2D eigenvalue weighted by molar-refractivity contribution is 5.97. The van der Waals surface area contributed by atoms with Crippen LogP contribution in [0.15, 0.2) is 0 Å². The second kappa shape index (κ2) is 4.97. The number of carbonyl (C=O) groups excluding carboxylic acids is 1. The van der Waals surface area contributed by atoms with Crippen molar-refractivity contribution in [2.75, 3.05) is 12.3 Å². The first-order valence-corrected chi connectivity index (χ1v) is 6.27. The van der Waals surface area contributed by atoms with Gasteiger partial charge in [0, 0.05) is 6.61 Å². The van der Waals surface area contributed by atoms with Gasteiger partial charge < -0.3 is 15.8 Å². The lowest BCUT2D eigenvalue weighted by molar-refractivity contribution is 0.0862. The van der Waals surface area contributed by atoms with Crippen molar-refractivity contribution < 1.29 is 9.53 Å². The molecule has 0 spiro atoms. The molecule has 6 heteroatoms. The number of rotatable bonds is 3. The van der Waals surface area contributed by atoms with E-state index in [0.29, 0.717) is 12.3 Å². The second-order valence-corrected chi connectivity index (χ2v) is 5.00. The quantitative estimate of drug-likeness (QED) is 0.748. The monoisotopic (exact) mass is 252 g/mol. The van der Waals surface area contributed by atoms with Gasteiger partial charge in [-0.05, 0) is 19.3 Å². The zero-order chi connectivity index (χ0) is 13.3. The molecule has 1 aliphatic heterocycles. The van der Waals surface area contributed by atoms with E-state index >= 15 is 0 Å². The predicted octanol–water partition coefficient (Wildman–Crippen LogP) is 1.02. The predicted molar refractivity (Wildman–Crippen MR) is 68.4 cm³/mol. The number of anilines is 1. The molecule has 18 heavy (non-hydrogen) atoms. The first-order valence-electron chi connectivity index (χ1n) is 6.27. The molecule has 6 nitrogen and oxygen atoms in total. The van der Waals surface area contributed by atoms with Gasteiger partial charge in [-0.15, -0.1) is 0 Å². The third-order valence-electron chi connectivity index (χ3n) is 3.32. The maximum Gasteiger partial charge on any atom is 0.274 e. The summed E-state index contributed by atoms with van der Waals surface area (Å²) in [6.45, 7) is 6.63. The van der Waals surface area contributed by atoms with Crippen LogP contribution in [0, 0.1) is 0 Å². The van der Waals surface area contributed by atoms with Gasteiger partial charge in [-0.25, -0.2) is 0 Å².